The van der Waals surface area contributed by atoms with E-state index in [1.54, 1.807) is 12.1 Å². The largest absolute Gasteiger partial charge is 0.348 e. The van der Waals surface area contributed by atoms with Crippen molar-refractivity contribution in [2.45, 2.75) is 20.4 Å². The van der Waals surface area contributed by atoms with E-state index in [0.717, 1.165) is 22.4 Å². The molecule has 1 heterocycles. The molecule has 5 nitrogen and oxygen atoms in total. The number of aryl methyl sites for hydroxylation is 2. The van der Waals surface area contributed by atoms with Crippen molar-refractivity contribution in [1.82, 2.24) is 10.3 Å². The molecule has 0 spiro atoms. The van der Waals surface area contributed by atoms with Crippen molar-refractivity contribution in [3.8, 4) is 0 Å². The Bertz CT molecular complexity index is 996. The Morgan fingerprint density at radius 3 is 2.32 bits per heavy atom. The van der Waals surface area contributed by atoms with Crippen LogP contribution in [0.4, 0.5) is 10.1 Å². The van der Waals surface area contributed by atoms with Gasteiger partial charge in [-0.25, -0.2) is 4.39 Å². The second kappa shape index (κ2) is 8.43. The fourth-order valence-corrected chi connectivity index (χ4v) is 2.77. The van der Waals surface area contributed by atoms with Crippen LogP contribution in [0.3, 0.4) is 0 Å². The number of anilines is 1. The van der Waals surface area contributed by atoms with Crippen molar-refractivity contribution in [2.75, 3.05) is 5.32 Å². The van der Waals surface area contributed by atoms with Gasteiger partial charge in [0.2, 0.25) is 0 Å². The van der Waals surface area contributed by atoms with Crippen LogP contribution in [-0.2, 0) is 6.54 Å². The predicted octanol–water partition coefficient (Wildman–Crippen LogP) is 4.02. The lowest BCUT2D eigenvalue weighted by Gasteiger charge is -2.11. The van der Waals surface area contributed by atoms with Gasteiger partial charge < -0.3 is 10.6 Å². The highest BCUT2D eigenvalue weighted by atomic mass is 19.1. The number of halogens is 1. The van der Waals surface area contributed by atoms with E-state index in [0.29, 0.717) is 5.56 Å². The SMILES string of the molecule is Cc1cccc(C)c1NC(=O)c1cc(C(=O)NCc2ccc(F)cc2)ccn1. The molecule has 2 amide bonds. The highest BCUT2D eigenvalue weighted by Crippen LogP contribution is 2.20. The second-order valence-corrected chi connectivity index (χ2v) is 6.46. The number of nitrogens with zero attached hydrogens (tertiary/aromatic N) is 1. The highest BCUT2D eigenvalue weighted by molar-refractivity contribution is 6.05. The molecule has 0 atom stereocenters. The minimum absolute atomic E-state index is 0.150. The molecule has 2 aromatic carbocycles. The Hall–Kier alpha value is -3.54. The fourth-order valence-electron chi connectivity index (χ4n) is 2.77. The number of aromatic nitrogens is 1. The average Bonchev–Trinajstić information content (AvgIpc) is 2.70. The van der Waals surface area contributed by atoms with Gasteiger partial charge in [-0.15, -0.1) is 0 Å². The Morgan fingerprint density at radius 2 is 1.64 bits per heavy atom. The van der Waals surface area contributed by atoms with E-state index in [-0.39, 0.29) is 29.9 Å². The molecule has 0 fully saturated rings. The maximum atomic E-state index is 12.9. The quantitative estimate of drug-likeness (QED) is 0.705. The lowest BCUT2D eigenvalue weighted by atomic mass is 10.1. The van der Waals surface area contributed by atoms with Crippen LogP contribution >= 0.6 is 0 Å². The zero-order valence-corrected chi connectivity index (χ0v) is 15.6. The van der Waals surface area contributed by atoms with Gasteiger partial charge in [-0.3, -0.25) is 14.6 Å². The summed E-state index contributed by atoms with van der Waals surface area (Å²) in [5.41, 5.74) is 3.88. The van der Waals surface area contributed by atoms with E-state index in [1.165, 1.54) is 30.5 Å². The lowest BCUT2D eigenvalue weighted by Crippen LogP contribution is -2.24. The van der Waals surface area contributed by atoms with E-state index in [4.69, 9.17) is 0 Å². The maximum Gasteiger partial charge on any atom is 0.274 e. The summed E-state index contributed by atoms with van der Waals surface area (Å²) in [5, 5.41) is 5.60. The molecule has 142 valence electrons. The molecule has 0 aliphatic carbocycles. The van der Waals surface area contributed by atoms with Crippen LogP contribution in [0.25, 0.3) is 0 Å². The summed E-state index contributed by atoms with van der Waals surface area (Å²) >= 11 is 0. The molecule has 0 radical (unpaired) electrons. The number of para-hydroxylation sites is 1. The predicted molar refractivity (Wildman–Crippen MR) is 106 cm³/mol. The molecule has 0 aliphatic rings. The maximum absolute atomic E-state index is 12.9. The van der Waals surface area contributed by atoms with E-state index < -0.39 is 0 Å². The number of benzene rings is 2. The normalized spacial score (nSPS) is 10.4. The number of hydrogen-bond donors (Lipinski definition) is 2. The van der Waals surface area contributed by atoms with Crippen LogP contribution in [0.5, 0.6) is 0 Å². The topological polar surface area (TPSA) is 71.1 Å². The van der Waals surface area contributed by atoms with Gasteiger partial charge >= 0.3 is 0 Å². The van der Waals surface area contributed by atoms with Gasteiger partial charge in [-0.1, -0.05) is 30.3 Å². The van der Waals surface area contributed by atoms with Gasteiger partial charge in [-0.2, -0.15) is 0 Å². The third-order valence-corrected chi connectivity index (χ3v) is 4.34. The molecule has 0 bridgehead atoms. The number of amides is 2. The smallest absolute Gasteiger partial charge is 0.274 e. The number of carbonyl (C=O) groups is 2. The van der Waals surface area contributed by atoms with Crippen molar-refractivity contribution < 1.29 is 14.0 Å². The first-order valence-electron chi connectivity index (χ1n) is 8.80. The van der Waals surface area contributed by atoms with Gasteiger partial charge in [-0.05, 0) is 54.8 Å². The molecule has 6 heteroatoms. The molecule has 0 unspecified atom stereocenters. The summed E-state index contributed by atoms with van der Waals surface area (Å²) in [7, 11) is 0. The number of hydrogen-bond acceptors (Lipinski definition) is 3. The van der Waals surface area contributed by atoms with Crippen molar-refractivity contribution in [3.63, 3.8) is 0 Å². The number of carbonyl (C=O) groups excluding carboxylic acids is 2. The molecule has 1 aromatic heterocycles. The van der Waals surface area contributed by atoms with Crippen molar-refractivity contribution >= 4 is 17.5 Å². The summed E-state index contributed by atoms with van der Waals surface area (Å²) in [4.78, 5) is 29.0. The molecule has 3 rings (SSSR count). The van der Waals surface area contributed by atoms with E-state index in [1.807, 2.05) is 32.0 Å². The molecular formula is C22H20FN3O2. The zero-order valence-electron chi connectivity index (χ0n) is 15.6. The number of rotatable bonds is 5. The summed E-state index contributed by atoms with van der Waals surface area (Å²) in [6.07, 6.45) is 1.42. The van der Waals surface area contributed by atoms with Crippen molar-refractivity contribution in [3.05, 3.63) is 94.6 Å². The zero-order chi connectivity index (χ0) is 20.1. The summed E-state index contributed by atoms with van der Waals surface area (Å²) in [6.45, 7) is 4.08. The number of nitrogens with one attached hydrogen (secondary N) is 2. The minimum atomic E-state index is -0.384. The first-order chi connectivity index (χ1) is 13.4. The second-order valence-electron chi connectivity index (χ2n) is 6.46. The third kappa shape index (κ3) is 4.59. The Kier molecular flexibility index (Phi) is 5.79. The lowest BCUT2D eigenvalue weighted by molar-refractivity contribution is 0.0951. The summed E-state index contributed by atoms with van der Waals surface area (Å²) < 4.78 is 12.9. The first kappa shape index (κ1) is 19.2. The standard InChI is InChI=1S/C22H20FN3O2/c1-14-4-3-5-15(2)20(14)26-22(28)19-12-17(10-11-24-19)21(27)25-13-16-6-8-18(23)9-7-16/h3-12H,13H2,1-2H3,(H,25,27)(H,26,28). The molecule has 28 heavy (non-hydrogen) atoms. The van der Waals surface area contributed by atoms with Crippen LogP contribution in [0, 0.1) is 19.7 Å². The Morgan fingerprint density at radius 1 is 0.964 bits per heavy atom. The molecule has 0 saturated carbocycles. The molecule has 0 aliphatic heterocycles. The Balaban J connectivity index is 1.69. The Labute approximate surface area is 162 Å². The molecule has 2 N–H and O–H groups in total. The van der Waals surface area contributed by atoms with E-state index in [9.17, 15) is 14.0 Å². The van der Waals surface area contributed by atoms with Crippen LogP contribution in [0.1, 0.15) is 37.5 Å². The number of pyridine rings is 1. The van der Waals surface area contributed by atoms with Gasteiger partial charge in [0.15, 0.2) is 0 Å². The molecule has 0 saturated heterocycles. The third-order valence-electron chi connectivity index (χ3n) is 4.34. The summed E-state index contributed by atoms with van der Waals surface area (Å²) in [5.74, 6) is -1.05. The van der Waals surface area contributed by atoms with Gasteiger partial charge in [0, 0.05) is 24.0 Å². The van der Waals surface area contributed by atoms with Crippen LogP contribution in [-0.4, -0.2) is 16.8 Å². The minimum Gasteiger partial charge on any atom is -0.348 e. The molecule has 3 aromatic rings. The van der Waals surface area contributed by atoms with E-state index >= 15 is 0 Å². The van der Waals surface area contributed by atoms with Gasteiger partial charge in [0.1, 0.15) is 11.5 Å². The fraction of sp³-hybridized carbons (Fsp3) is 0.136. The van der Waals surface area contributed by atoms with Gasteiger partial charge in [0.05, 0.1) is 0 Å². The molecular weight excluding hydrogens is 357 g/mol. The monoisotopic (exact) mass is 377 g/mol. The van der Waals surface area contributed by atoms with E-state index in [2.05, 4.69) is 15.6 Å². The van der Waals surface area contributed by atoms with Crippen molar-refractivity contribution in [2.24, 2.45) is 0 Å². The highest BCUT2D eigenvalue weighted by Gasteiger charge is 2.14. The average molecular weight is 377 g/mol. The van der Waals surface area contributed by atoms with Crippen LogP contribution in [0.15, 0.2) is 60.8 Å². The first-order valence-corrected chi connectivity index (χ1v) is 8.80. The summed E-state index contributed by atoms with van der Waals surface area (Å²) in [6, 6.07) is 14.6. The van der Waals surface area contributed by atoms with Crippen molar-refractivity contribution in [1.29, 1.82) is 0 Å². The van der Waals surface area contributed by atoms with Crippen LogP contribution < -0.4 is 10.6 Å². The van der Waals surface area contributed by atoms with Gasteiger partial charge in [0.25, 0.3) is 11.8 Å². The van der Waals surface area contributed by atoms with Crippen LogP contribution in [0.2, 0.25) is 0 Å².